The minimum atomic E-state index is -0.440. The number of esters is 1. The first-order valence-corrected chi connectivity index (χ1v) is 6.70. The average Bonchev–Trinajstić information content (AvgIpc) is 2.41. The molecule has 20 heavy (non-hydrogen) atoms. The number of hydrogen-bond donors (Lipinski definition) is 1. The van der Waals surface area contributed by atoms with Crippen molar-refractivity contribution in [3.05, 3.63) is 58.6 Å². The van der Waals surface area contributed by atoms with Crippen LogP contribution in [0.2, 0.25) is 0 Å². The maximum Gasteiger partial charge on any atom is 0.344 e. The minimum Gasteiger partial charge on any atom is -0.423 e. The van der Waals surface area contributed by atoms with Crippen molar-refractivity contribution in [1.82, 2.24) is 0 Å². The Bertz CT molecular complexity index is 638. The number of ether oxygens (including phenoxy) is 1. The van der Waals surface area contributed by atoms with Crippen LogP contribution in [-0.4, -0.2) is 11.9 Å². The molecule has 1 amide bonds. The van der Waals surface area contributed by atoms with Crippen molar-refractivity contribution >= 4 is 33.5 Å². The minimum absolute atomic E-state index is 0.150. The van der Waals surface area contributed by atoms with Gasteiger partial charge < -0.3 is 10.1 Å². The molecule has 0 heterocycles. The Hall–Kier alpha value is -2.14. The zero-order chi connectivity index (χ0) is 14.5. The van der Waals surface area contributed by atoms with E-state index in [1.54, 1.807) is 42.5 Å². The SMILES string of the molecule is CC(=O)Nc1ccc(OC(=O)c2ccccc2Br)cc1. The molecule has 0 aromatic heterocycles. The number of anilines is 1. The van der Waals surface area contributed by atoms with Gasteiger partial charge in [-0.2, -0.15) is 0 Å². The maximum absolute atomic E-state index is 12.0. The van der Waals surface area contributed by atoms with E-state index in [9.17, 15) is 9.59 Å². The van der Waals surface area contributed by atoms with Crippen LogP contribution in [0.15, 0.2) is 53.0 Å². The predicted octanol–water partition coefficient (Wildman–Crippen LogP) is 3.63. The highest BCUT2D eigenvalue weighted by molar-refractivity contribution is 9.10. The maximum atomic E-state index is 12.0. The molecule has 0 aliphatic heterocycles. The summed E-state index contributed by atoms with van der Waals surface area (Å²) in [7, 11) is 0. The lowest BCUT2D eigenvalue weighted by molar-refractivity contribution is -0.114. The van der Waals surface area contributed by atoms with Crippen molar-refractivity contribution < 1.29 is 14.3 Å². The molecule has 0 saturated carbocycles. The largest absolute Gasteiger partial charge is 0.423 e. The van der Waals surface area contributed by atoms with Crippen LogP contribution in [0.4, 0.5) is 5.69 Å². The van der Waals surface area contributed by atoms with E-state index in [0.717, 1.165) is 0 Å². The fourth-order valence-electron chi connectivity index (χ4n) is 1.60. The van der Waals surface area contributed by atoms with Crippen LogP contribution < -0.4 is 10.1 Å². The summed E-state index contributed by atoms with van der Waals surface area (Å²) in [6.45, 7) is 1.43. The van der Waals surface area contributed by atoms with Crippen LogP contribution in [0.3, 0.4) is 0 Å². The van der Waals surface area contributed by atoms with E-state index >= 15 is 0 Å². The third-order valence-electron chi connectivity index (χ3n) is 2.48. The number of rotatable bonds is 3. The highest BCUT2D eigenvalue weighted by Crippen LogP contribution is 2.20. The summed E-state index contributed by atoms with van der Waals surface area (Å²) in [5.74, 6) is -0.174. The van der Waals surface area contributed by atoms with E-state index in [1.165, 1.54) is 6.92 Å². The predicted molar refractivity (Wildman–Crippen MR) is 79.8 cm³/mol. The van der Waals surface area contributed by atoms with Gasteiger partial charge in [-0.25, -0.2) is 4.79 Å². The van der Waals surface area contributed by atoms with Crippen molar-refractivity contribution in [2.45, 2.75) is 6.92 Å². The van der Waals surface area contributed by atoms with Gasteiger partial charge in [0.25, 0.3) is 0 Å². The van der Waals surface area contributed by atoms with E-state index in [0.29, 0.717) is 21.5 Å². The Balaban J connectivity index is 2.09. The molecule has 2 aromatic carbocycles. The molecule has 2 rings (SSSR count). The molecule has 4 nitrogen and oxygen atoms in total. The van der Waals surface area contributed by atoms with E-state index in [-0.39, 0.29) is 5.91 Å². The smallest absolute Gasteiger partial charge is 0.344 e. The van der Waals surface area contributed by atoms with Crippen molar-refractivity contribution in [3.8, 4) is 5.75 Å². The first kappa shape index (κ1) is 14.3. The first-order chi connectivity index (χ1) is 9.56. The van der Waals surface area contributed by atoms with Crippen LogP contribution >= 0.6 is 15.9 Å². The van der Waals surface area contributed by atoms with Crippen LogP contribution in [0, 0.1) is 0 Å². The zero-order valence-electron chi connectivity index (χ0n) is 10.7. The number of hydrogen-bond acceptors (Lipinski definition) is 3. The molecule has 102 valence electrons. The summed E-state index contributed by atoms with van der Waals surface area (Å²) in [6.07, 6.45) is 0. The van der Waals surface area contributed by atoms with E-state index in [2.05, 4.69) is 21.2 Å². The van der Waals surface area contributed by atoms with Crippen molar-refractivity contribution in [1.29, 1.82) is 0 Å². The molecule has 0 aliphatic rings. The van der Waals surface area contributed by atoms with Gasteiger partial charge in [0, 0.05) is 17.1 Å². The van der Waals surface area contributed by atoms with E-state index < -0.39 is 5.97 Å². The molecule has 5 heteroatoms. The van der Waals surface area contributed by atoms with Gasteiger partial charge in [0.1, 0.15) is 5.75 Å². The molecule has 0 aliphatic carbocycles. The van der Waals surface area contributed by atoms with Crippen molar-refractivity contribution in [2.24, 2.45) is 0 Å². The lowest BCUT2D eigenvalue weighted by atomic mass is 10.2. The third-order valence-corrected chi connectivity index (χ3v) is 3.17. The highest BCUT2D eigenvalue weighted by Gasteiger charge is 2.11. The topological polar surface area (TPSA) is 55.4 Å². The Morgan fingerprint density at radius 2 is 1.70 bits per heavy atom. The van der Waals surface area contributed by atoms with Crippen LogP contribution in [0.25, 0.3) is 0 Å². The summed E-state index contributed by atoms with van der Waals surface area (Å²) in [6, 6.07) is 13.6. The summed E-state index contributed by atoms with van der Waals surface area (Å²) in [5.41, 5.74) is 1.11. The number of halogens is 1. The van der Waals surface area contributed by atoms with Gasteiger partial charge in [0.2, 0.25) is 5.91 Å². The van der Waals surface area contributed by atoms with Gasteiger partial charge >= 0.3 is 5.97 Å². The summed E-state index contributed by atoms with van der Waals surface area (Å²) in [4.78, 5) is 22.9. The second kappa shape index (κ2) is 6.34. The molecular weight excluding hydrogens is 322 g/mol. The van der Waals surface area contributed by atoms with Crippen LogP contribution in [0.5, 0.6) is 5.75 Å². The van der Waals surface area contributed by atoms with Crippen LogP contribution in [-0.2, 0) is 4.79 Å². The Morgan fingerprint density at radius 1 is 1.05 bits per heavy atom. The van der Waals surface area contributed by atoms with E-state index in [4.69, 9.17) is 4.74 Å². The normalized spacial score (nSPS) is 9.90. The molecule has 0 unspecified atom stereocenters. The number of carbonyl (C=O) groups is 2. The van der Waals surface area contributed by atoms with Gasteiger partial charge in [-0.1, -0.05) is 12.1 Å². The second-order valence-corrected chi connectivity index (χ2v) is 4.93. The molecule has 0 atom stereocenters. The van der Waals surface area contributed by atoms with E-state index in [1.807, 2.05) is 6.07 Å². The lowest BCUT2D eigenvalue weighted by Gasteiger charge is -2.07. The first-order valence-electron chi connectivity index (χ1n) is 5.90. The Kier molecular flexibility index (Phi) is 4.53. The molecule has 0 radical (unpaired) electrons. The zero-order valence-corrected chi connectivity index (χ0v) is 12.3. The molecule has 2 aromatic rings. The average molecular weight is 334 g/mol. The van der Waals surface area contributed by atoms with Gasteiger partial charge in [0.05, 0.1) is 5.56 Å². The standard InChI is InChI=1S/C15H12BrNO3/c1-10(18)17-11-6-8-12(9-7-11)20-15(19)13-4-2-3-5-14(13)16/h2-9H,1H3,(H,17,18). The second-order valence-electron chi connectivity index (χ2n) is 4.07. The number of amides is 1. The molecule has 0 spiro atoms. The Morgan fingerprint density at radius 3 is 2.30 bits per heavy atom. The van der Waals surface area contributed by atoms with Crippen LogP contribution in [0.1, 0.15) is 17.3 Å². The third kappa shape index (κ3) is 3.68. The monoisotopic (exact) mass is 333 g/mol. The summed E-state index contributed by atoms with van der Waals surface area (Å²) >= 11 is 3.30. The molecule has 0 saturated heterocycles. The number of benzene rings is 2. The Labute approximate surface area is 124 Å². The summed E-state index contributed by atoms with van der Waals surface area (Å²) < 4.78 is 5.94. The van der Waals surface area contributed by atoms with Crippen molar-refractivity contribution in [3.63, 3.8) is 0 Å². The molecular formula is C15H12BrNO3. The summed E-state index contributed by atoms with van der Waals surface area (Å²) in [5, 5.41) is 2.64. The lowest BCUT2D eigenvalue weighted by Crippen LogP contribution is -2.09. The van der Waals surface area contributed by atoms with Gasteiger partial charge in [0.15, 0.2) is 0 Å². The van der Waals surface area contributed by atoms with Gasteiger partial charge in [-0.15, -0.1) is 0 Å². The molecule has 0 bridgehead atoms. The molecule has 0 fully saturated rings. The van der Waals surface area contributed by atoms with Crippen molar-refractivity contribution in [2.75, 3.05) is 5.32 Å². The highest BCUT2D eigenvalue weighted by atomic mass is 79.9. The fraction of sp³-hybridized carbons (Fsp3) is 0.0667. The fourth-order valence-corrected chi connectivity index (χ4v) is 2.04. The molecule has 1 N–H and O–H groups in total. The van der Waals surface area contributed by atoms with Gasteiger partial charge in [-0.05, 0) is 52.3 Å². The van der Waals surface area contributed by atoms with Gasteiger partial charge in [-0.3, -0.25) is 4.79 Å². The number of nitrogens with one attached hydrogen (secondary N) is 1. The number of carbonyl (C=O) groups excluding carboxylic acids is 2. The quantitative estimate of drug-likeness (QED) is 0.689.